The molecule has 0 aliphatic carbocycles. The van der Waals surface area contributed by atoms with Crippen LogP contribution in [0.1, 0.15) is 19.4 Å². The van der Waals surface area contributed by atoms with E-state index in [1.54, 1.807) is 21.3 Å². The van der Waals surface area contributed by atoms with E-state index in [1.165, 1.54) is 0 Å². The molecule has 4 nitrogen and oxygen atoms in total. The molecule has 0 atom stereocenters. The Morgan fingerprint density at radius 2 is 1.59 bits per heavy atom. The summed E-state index contributed by atoms with van der Waals surface area (Å²) in [4.78, 5) is 0. The highest BCUT2D eigenvalue weighted by atomic mass is 16.5. The zero-order chi connectivity index (χ0) is 13.1. The number of methoxy groups -OCH3 is 3. The first kappa shape index (κ1) is 13.6. The number of nitrogens with two attached hydrogens (primary N) is 1. The highest BCUT2D eigenvalue weighted by molar-refractivity contribution is 5.56. The minimum absolute atomic E-state index is 0.299. The normalized spacial score (nSPS) is 11.2. The number of hydrogen-bond donors (Lipinski definition) is 1. The largest absolute Gasteiger partial charge is 0.493 e. The van der Waals surface area contributed by atoms with E-state index in [0.29, 0.717) is 23.7 Å². The monoisotopic (exact) mass is 239 g/mol. The van der Waals surface area contributed by atoms with Gasteiger partial charge >= 0.3 is 0 Å². The van der Waals surface area contributed by atoms with Gasteiger partial charge in [-0.3, -0.25) is 0 Å². The van der Waals surface area contributed by atoms with Crippen LogP contribution in [0.25, 0.3) is 0 Å². The molecule has 2 N–H and O–H groups in total. The Morgan fingerprint density at radius 1 is 1.00 bits per heavy atom. The number of hydrogen-bond acceptors (Lipinski definition) is 4. The van der Waals surface area contributed by atoms with Crippen LogP contribution >= 0.6 is 0 Å². The summed E-state index contributed by atoms with van der Waals surface area (Å²) < 4.78 is 15.9. The Bertz CT molecular complexity index is 383. The van der Waals surface area contributed by atoms with E-state index in [4.69, 9.17) is 19.9 Å². The van der Waals surface area contributed by atoms with Crippen LogP contribution in [-0.4, -0.2) is 26.9 Å². The maximum atomic E-state index is 6.03. The van der Waals surface area contributed by atoms with Crippen molar-refractivity contribution in [3.63, 3.8) is 0 Å². The highest BCUT2D eigenvalue weighted by Gasteiger charge is 2.20. The van der Waals surface area contributed by atoms with Crippen molar-refractivity contribution < 1.29 is 14.2 Å². The van der Waals surface area contributed by atoms with Gasteiger partial charge in [0, 0.05) is 11.1 Å². The van der Waals surface area contributed by atoms with Gasteiger partial charge < -0.3 is 19.9 Å². The van der Waals surface area contributed by atoms with Crippen molar-refractivity contribution in [3.05, 3.63) is 17.7 Å². The maximum Gasteiger partial charge on any atom is 0.203 e. The number of ether oxygens (including phenoxy) is 3. The van der Waals surface area contributed by atoms with Gasteiger partial charge in [-0.1, -0.05) is 6.07 Å². The standard InChI is InChI=1S/C13H21NO3/c1-13(2,14)8-9-6-7-10(15-3)12(17-5)11(9)16-4/h6-7H,8,14H2,1-5H3. The van der Waals surface area contributed by atoms with Crippen LogP contribution in [0.5, 0.6) is 17.2 Å². The molecule has 0 saturated heterocycles. The first-order valence-corrected chi connectivity index (χ1v) is 5.49. The van der Waals surface area contributed by atoms with Gasteiger partial charge in [-0.05, 0) is 26.3 Å². The van der Waals surface area contributed by atoms with E-state index < -0.39 is 0 Å². The molecule has 4 heteroatoms. The molecule has 0 saturated carbocycles. The number of rotatable bonds is 5. The van der Waals surface area contributed by atoms with Gasteiger partial charge in [0.1, 0.15) is 0 Å². The summed E-state index contributed by atoms with van der Waals surface area (Å²) in [7, 11) is 4.81. The van der Waals surface area contributed by atoms with Gasteiger partial charge in [-0.2, -0.15) is 0 Å². The van der Waals surface area contributed by atoms with Gasteiger partial charge in [0.2, 0.25) is 5.75 Å². The Hall–Kier alpha value is -1.42. The third-order valence-corrected chi connectivity index (χ3v) is 2.43. The molecular weight excluding hydrogens is 218 g/mol. The second kappa shape index (κ2) is 5.27. The number of benzene rings is 1. The molecular formula is C13H21NO3. The van der Waals surface area contributed by atoms with Crippen LogP contribution in [0, 0.1) is 0 Å². The Balaban J connectivity index is 3.23. The van der Waals surface area contributed by atoms with Crippen molar-refractivity contribution in [2.24, 2.45) is 5.73 Å². The van der Waals surface area contributed by atoms with Crippen LogP contribution in [-0.2, 0) is 6.42 Å². The summed E-state index contributed by atoms with van der Waals surface area (Å²) in [6.45, 7) is 3.95. The average Bonchev–Trinajstić information content (AvgIpc) is 2.26. The molecule has 1 aromatic carbocycles. The highest BCUT2D eigenvalue weighted by Crippen LogP contribution is 2.40. The van der Waals surface area contributed by atoms with Crippen LogP contribution in [0.2, 0.25) is 0 Å². The third-order valence-electron chi connectivity index (χ3n) is 2.43. The molecule has 0 unspecified atom stereocenters. The van der Waals surface area contributed by atoms with Crippen molar-refractivity contribution in [3.8, 4) is 17.2 Å². The van der Waals surface area contributed by atoms with Crippen LogP contribution < -0.4 is 19.9 Å². The third kappa shape index (κ3) is 3.27. The summed E-state index contributed by atoms with van der Waals surface area (Å²) in [5, 5.41) is 0. The SMILES string of the molecule is COc1ccc(CC(C)(C)N)c(OC)c1OC. The molecule has 17 heavy (non-hydrogen) atoms. The first-order chi connectivity index (χ1) is 7.92. The summed E-state index contributed by atoms with van der Waals surface area (Å²) in [5.41, 5.74) is 6.74. The van der Waals surface area contributed by atoms with E-state index in [9.17, 15) is 0 Å². The van der Waals surface area contributed by atoms with E-state index in [0.717, 1.165) is 5.56 Å². The van der Waals surface area contributed by atoms with Gasteiger partial charge in [-0.15, -0.1) is 0 Å². The molecule has 0 aromatic heterocycles. The molecule has 0 bridgehead atoms. The van der Waals surface area contributed by atoms with Crippen LogP contribution in [0.3, 0.4) is 0 Å². The van der Waals surface area contributed by atoms with E-state index >= 15 is 0 Å². The predicted molar refractivity (Wildman–Crippen MR) is 68.1 cm³/mol. The Labute approximate surface area is 103 Å². The van der Waals surface area contributed by atoms with Crippen molar-refractivity contribution in [1.29, 1.82) is 0 Å². The van der Waals surface area contributed by atoms with E-state index in [1.807, 2.05) is 26.0 Å². The summed E-state index contributed by atoms with van der Waals surface area (Å²) in [5.74, 6) is 1.95. The Kier molecular flexibility index (Phi) is 4.23. The first-order valence-electron chi connectivity index (χ1n) is 5.49. The van der Waals surface area contributed by atoms with E-state index in [-0.39, 0.29) is 5.54 Å². The lowest BCUT2D eigenvalue weighted by atomic mass is 9.95. The fourth-order valence-electron chi connectivity index (χ4n) is 1.79. The minimum Gasteiger partial charge on any atom is -0.493 e. The molecule has 0 radical (unpaired) electrons. The van der Waals surface area contributed by atoms with Crippen molar-refractivity contribution in [2.75, 3.05) is 21.3 Å². The molecule has 0 heterocycles. The molecule has 1 rings (SSSR count). The smallest absolute Gasteiger partial charge is 0.203 e. The summed E-state index contributed by atoms with van der Waals surface area (Å²) in [6, 6.07) is 3.82. The second-order valence-electron chi connectivity index (χ2n) is 4.66. The molecule has 0 aliphatic rings. The average molecular weight is 239 g/mol. The quantitative estimate of drug-likeness (QED) is 0.853. The molecule has 96 valence electrons. The lowest BCUT2D eigenvalue weighted by Gasteiger charge is -2.22. The predicted octanol–water partition coefficient (Wildman–Crippen LogP) is 1.99. The van der Waals surface area contributed by atoms with Crippen LogP contribution in [0.4, 0.5) is 0 Å². The summed E-state index contributed by atoms with van der Waals surface area (Å²) >= 11 is 0. The lowest BCUT2D eigenvalue weighted by molar-refractivity contribution is 0.320. The van der Waals surface area contributed by atoms with Gasteiger partial charge in [0.15, 0.2) is 11.5 Å². The van der Waals surface area contributed by atoms with E-state index in [2.05, 4.69) is 0 Å². The van der Waals surface area contributed by atoms with Gasteiger partial charge in [-0.25, -0.2) is 0 Å². The zero-order valence-corrected chi connectivity index (χ0v) is 11.2. The second-order valence-corrected chi connectivity index (χ2v) is 4.66. The van der Waals surface area contributed by atoms with Gasteiger partial charge in [0.05, 0.1) is 21.3 Å². The maximum absolute atomic E-state index is 6.03. The lowest BCUT2D eigenvalue weighted by Crippen LogP contribution is -2.34. The topological polar surface area (TPSA) is 53.7 Å². The Morgan fingerprint density at radius 3 is 2.00 bits per heavy atom. The van der Waals surface area contributed by atoms with Gasteiger partial charge in [0.25, 0.3) is 0 Å². The minimum atomic E-state index is -0.299. The molecule has 0 fully saturated rings. The molecule has 1 aromatic rings. The van der Waals surface area contributed by atoms with Crippen molar-refractivity contribution >= 4 is 0 Å². The fourth-order valence-corrected chi connectivity index (χ4v) is 1.79. The zero-order valence-electron chi connectivity index (χ0n) is 11.2. The fraction of sp³-hybridized carbons (Fsp3) is 0.538. The molecule has 0 aliphatic heterocycles. The molecule has 0 amide bonds. The van der Waals surface area contributed by atoms with Crippen molar-refractivity contribution in [1.82, 2.24) is 0 Å². The van der Waals surface area contributed by atoms with Crippen LogP contribution in [0.15, 0.2) is 12.1 Å². The molecule has 0 spiro atoms. The summed E-state index contributed by atoms with van der Waals surface area (Å²) in [6.07, 6.45) is 0.705. The van der Waals surface area contributed by atoms with Crippen molar-refractivity contribution in [2.45, 2.75) is 25.8 Å².